The van der Waals surface area contributed by atoms with Gasteiger partial charge in [0.1, 0.15) is 10.9 Å². The van der Waals surface area contributed by atoms with Gasteiger partial charge < -0.3 is 19.7 Å². The topological polar surface area (TPSA) is 84.9 Å². The summed E-state index contributed by atoms with van der Waals surface area (Å²) in [4.78, 5) is 38.3. The summed E-state index contributed by atoms with van der Waals surface area (Å²) < 4.78 is 10.7. The Morgan fingerprint density at radius 2 is 2.14 bits per heavy atom. The largest absolute Gasteiger partial charge is 0.454 e. The van der Waals surface area contributed by atoms with Crippen molar-refractivity contribution in [3.8, 4) is 0 Å². The fourth-order valence-electron chi connectivity index (χ4n) is 4.13. The van der Waals surface area contributed by atoms with E-state index in [1.807, 2.05) is 30.3 Å². The van der Waals surface area contributed by atoms with Crippen molar-refractivity contribution < 1.29 is 23.9 Å². The van der Waals surface area contributed by atoms with Crippen LogP contribution in [-0.2, 0) is 28.7 Å². The molecular weight excluding hydrogens is 380 g/mol. The first-order valence-electron chi connectivity index (χ1n) is 9.67. The second-order valence-electron chi connectivity index (χ2n) is 7.29. The summed E-state index contributed by atoms with van der Waals surface area (Å²) in [5, 5.41) is 2.73. The summed E-state index contributed by atoms with van der Waals surface area (Å²) in [5.41, 5.74) is 1.02. The molecule has 3 aliphatic heterocycles. The molecule has 0 saturated carbocycles. The molecule has 0 aliphatic carbocycles. The lowest BCUT2D eigenvalue weighted by atomic mass is 10.0. The summed E-state index contributed by atoms with van der Waals surface area (Å²) in [6.45, 7) is 0.812. The fraction of sp³-hybridized carbons (Fsp3) is 0.550. The Morgan fingerprint density at radius 1 is 1.32 bits per heavy atom. The van der Waals surface area contributed by atoms with E-state index < -0.39 is 16.9 Å². The van der Waals surface area contributed by atoms with Crippen molar-refractivity contribution in [1.82, 2.24) is 10.2 Å². The maximum Gasteiger partial charge on any atom is 0.330 e. The van der Waals surface area contributed by atoms with Crippen LogP contribution < -0.4 is 5.32 Å². The minimum absolute atomic E-state index is 0.0413. The lowest BCUT2D eigenvalue weighted by Gasteiger charge is -2.33. The summed E-state index contributed by atoms with van der Waals surface area (Å²) in [5.74, 6) is -0.445. The maximum atomic E-state index is 12.6. The molecule has 2 amide bonds. The van der Waals surface area contributed by atoms with Crippen molar-refractivity contribution in [2.24, 2.45) is 0 Å². The molecule has 3 fully saturated rings. The van der Waals surface area contributed by atoms with Crippen LogP contribution in [0.25, 0.3) is 0 Å². The van der Waals surface area contributed by atoms with Gasteiger partial charge in [-0.05, 0) is 24.8 Å². The van der Waals surface area contributed by atoms with Crippen LogP contribution in [0.2, 0.25) is 0 Å². The smallest absolute Gasteiger partial charge is 0.330 e. The molecule has 3 atom stereocenters. The lowest BCUT2D eigenvalue weighted by molar-refractivity contribution is -0.156. The zero-order valence-corrected chi connectivity index (χ0v) is 16.4. The SMILES string of the molecule is O=C(COC(=O)[C@H]1CS[C@@]2(c3ccccc3)CCC(=O)N12)NC[C@@H]1CCCO1. The predicted octanol–water partition coefficient (Wildman–Crippen LogP) is 1.42. The number of carbonyl (C=O) groups is 3. The molecule has 4 rings (SSSR count). The van der Waals surface area contributed by atoms with Gasteiger partial charge in [-0.25, -0.2) is 4.79 Å². The normalized spacial score (nSPS) is 29.0. The molecule has 150 valence electrons. The van der Waals surface area contributed by atoms with Gasteiger partial charge in [0.2, 0.25) is 5.91 Å². The molecule has 0 bridgehead atoms. The molecule has 0 unspecified atom stereocenters. The summed E-state index contributed by atoms with van der Waals surface area (Å²) in [6, 6.07) is 9.13. The van der Waals surface area contributed by atoms with E-state index in [9.17, 15) is 14.4 Å². The molecule has 7 nitrogen and oxygen atoms in total. The van der Waals surface area contributed by atoms with Gasteiger partial charge in [0, 0.05) is 25.3 Å². The number of hydrogen-bond acceptors (Lipinski definition) is 6. The third kappa shape index (κ3) is 3.63. The quantitative estimate of drug-likeness (QED) is 0.722. The van der Waals surface area contributed by atoms with Crippen molar-refractivity contribution in [1.29, 1.82) is 0 Å². The predicted molar refractivity (Wildman–Crippen MR) is 103 cm³/mol. The van der Waals surface area contributed by atoms with Gasteiger partial charge >= 0.3 is 5.97 Å². The molecule has 0 radical (unpaired) electrons. The van der Waals surface area contributed by atoms with E-state index in [-0.39, 0.29) is 24.5 Å². The first kappa shape index (κ1) is 19.3. The Hall–Kier alpha value is -2.06. The van der Waals surface area contributed by atoms with E-state index >= 15 is 0 Å². The molecule has 28 heavy (non-hydrogen) atoms. The average molecular weight is 404 g/mol. The van der Waals surface area contributed by atoms with Crippen LogP contribution >= 0.6 is 11.8 Å². The Balaban J connectivity index is 1.35. The molecule has 1 N–H and O–H groups in total. The number of fused-ring (bicyclic) bond motifs is 1. The number of thioether (sulfide) groups is 1. The molecule has 3 saturated heterocycles. The van der Waals surface area contributed by atoms with E-state index in [1.54, 1.807) is 16.7 Å². The third-order valence-corrected chi connectivity index (χ3v) is 7.12. The number of rotatable bonds is 6. The lowest BCUT2D eigenvalue weighted by Crippen LogP contribution is -2.47. The van der Waals surface area contributed by atoms with Gasteiger partial charge in [-0.3, -0.25) is 9.59 Å². The molecule has 0 aromatic heterocycles. The number of carbonyl (C=O) groups excluding carboxylic acids is 3. The van der Waals surface area contributed by atoms with Crippen molar-refractivity contribution >= 4 is 29.5 Å². The van der Waals surface area contributed by atoms with E-state index in [1.165, 1.54) is 0 Å². The molecule has 0 spiro atoms. The number of esters is 1. The Bertz CT molecular complexity index is 752. The van der Waals surface area contributed by atoms with Crippen molar-refractivity contribution in [3.63, 3.8) is 0 Å². The second-order valence-corrected chi connectivity index (χ2v) is 8.59. The third-order valence-electron chi connectivity index (χ3n) is 5.52. The van der Waals surface area contributed by atoms with Gasteiger partial charge in [-0.1, -0.05) is 30.3 Å². The Morgan fingerprint density at radius 3 is 2.89 bits per heavy atom. The van der Waals surface area contributed by atoms with Crippen LogP contribution in [0.4, 0.5) is 0 Å². The minimum Gasteiger partial charge on any atom is -0.454 e. The maximum absolute atomic E-state index is 12.6. The number of ether oxygens (including phenoxy) is 2. The molecular formula is C20H24N2O5S. The zero-order valence-electron chi connectivity index (χ0n) is 15.6. The van der Waals surface area contributed by atoms with Crippen LogP contribution in [0.5, 0.6) is 0 Å². The molecule has 8 heteroatoms. The monoisotopic (exact) mass is 404 g/mol. The Labute approximate surface area is 168 Å². The van der Waals surface area contributed by atoms with Gasteiger partial charge in [-0.15, -0.1) is 11.8 Å². The van der Waals surface area contributed by atoms with Gasteiger partial charge in [0.05, 0.1) is 6.10 Å². The number of benzene rings is 1. The highest BCUT2D eigenvalue weighted by Crippen LogP contribution is 2.54. The van der Waals surface area contributed by atoms with Crippen molar-refractivity contribution in [2.75, 3.05) is 25.5 Å². The zero-order chi connectivity index (χ0) is 19.6. The summed E-state index contributed by atoms with van der Waals surface area (Å²) in [6.07, 6.45) is 3.05. The second kappa shape index (κ2) is 8.13. The molecule has 1 aromatic rings. The van der Waals surface area contributed by atoms with E-state index in [2.05, 4.69) is 5.32 Å². The van der Waals surface area contributed by atoms with E-state index in [0.29, 0.717) is 25.1 Å². The van der Waals surface area contributed by atoms with Gasteiger partial charge in [0.25, 0.3) is 5.91 Å². The number of nitrogens with one attached hydrogen (secondary N) is 1. The highest BCUT2D eigenvalue weighted by Gasteiger charge is 2.57. The number of amides is 2. The fourth-order valence-corrected chi connectivity index (χ4v) is 5.77. The highest BCUT2D eigenvalue weighted by atomic mass is 32.2. The van der Waals surface area contributed by atoms with E-state index in [0.717, 1.165) is 25.0 Å². The summed E-state index contributed by atoms with van der Waals surface area (Å²) in [7, 11) is 0. The van der Waals surface area contributed by atoms with Crippen LogP contribution in [-0.4, -0.2) is 60.3 Å². The van der Waals surface area contributed by atoms with Crippen LogP contribution in [0, 0.1) is 0 Å². The minimum atomic E-state index is -0.661. The van der Waals surface area contributed by atoms with Crippen molar-refractivity contribution in [3.05, 3.63) is 35.9 Å². The summed E-state index contributed by atoms with van der Waals surface area (Å²) >= 11 is 1.60. The first-order chi connectivity index (χ1) is 13.6. The highest BCUT2D eigenvalue weighted by molar-refractivity contribution is 8.00. The van der Waals surface area contributed by atoms with Gasteiger partial charge in [0.15, 0.2) is 6.61 Å². The average Bonchev–Trinajstić information content (AvgIpc) is 3.43. The van der Waals surface area contributed by atoms with Crippen molar-refractivity contribution in [2.45, 2.75) is 42.7 Å². The number of nitrogens with zero attached hydrogens (tertiary/aromatic N) is 1. The Kier molecular flexibility index (Phi) is 5.59. The number of hydrogen-bond donors (Lipinski definition) is 1. The molecule has 3 aliphatic rings. The molecule has 3 heterocycles. The van der Waals surface area contributed by atoms with E-state index in [4.69, 9.17) is 9.47 Å². The molecule has 1 aromatic carbocycles. The standard InChI is InChI=1S/C20H24N2O5S/c23-17(21-11-15-7-4-10-26-15)12-27-19(25)16-13-28-20(9-8-18(24)22(16)20)14-5-2-1-3-6-14/h1-3,5-6,15-16H,4,7-13H2,(H,21,23)/t15-,16+,20+/m0/s1. The van der Waals surface area contributed by atoms with Crippen LogP contribution in [0.1, 0.15) is 31.2 Å². The first-order valence-corrected chi connectivity index (χ1v) is 10.7. The van der Waals surface area contributed by atoms with Gasteiger partial charge in [-0.2, -0.15) is 0 Å². The van der Waals surface area contributed by atoms with Crippen LogP contribution in [0.3, 0.4) is 0 Å². The van der Waals surface area contributed by atoms with Crippen LogP contribution in [0.15, 0.2) is 30.3 Å².